The number of ether oxygens (including phenoxy) is 2. The lowest BCUT2D eigenvalue weighted by atomic mass is 9.39. The molecule has 12 rings (SSSR count). The van der Waals surface area contributed by atoms with E-state index in [1.165, 1.54) is 40.5 Å². The number of carboxylic acids is 1. The molecule has 4 heterocycles. The molecule has 0 saturated heterocycles. The van der Waals surface area contributed by atoms with Gasteiger partial charge in [0.1, 0.15) is 18.7 Å². The number of carbonyl (C=O) groups excluding carboxylic acids is 8. The average molecular weight is 1450 g/mol. The maximum atomic E-state index is 14.8. The van der Waals surface area contributed by atoms with E-state index in [2.05, 4.69) is 34.8 Å². The van der Waals surface area contributed by atoms with E-state index in [1.54, 1.807) is 56.4 Å². The molecule has 7 aromatic rings. The van der Waals surface area contributed by atoms with Crippen LogP contribution >= 0.6 is 11.3 Å². The van der Waals surface area contributed by atoms with Crippen LogP contribution in [0.5, 0.6) is 0 Å². The number of fused-ring (bicyclic) bond motifs is 2. The van der Waals surface area contributed by atoms with Crippen LogP contribution in [-0.2, 0) is 56.7 Å². The molecule has 5 aliphatic rings. The van der Waals surface area contributed by atoms with Crippen LogP contribution in [0.4, 0.5) is 20.4 Å². The highest BCUT2D eigenvalue weighted by molar-refractivity contribution is 7.85. The number of primary amides is 2. The van der Waals surface area contributed by atoms with Gasteiger partial charge in [-0.1, -0.05) is 94.0 Å². The summed E-state index contributed by atoms with van der Waals surface area (Å²) in [4.78, 5) is 131. The van der Waals surface area contributed by atoms with Crippen LogP contribution in [0.25, 0.3) is 43.4 Å². The van der Waals surface area contributed by atoms with E-state index in [0.717, 1.165) is 63.2 Å². The Bertz CT molecular complexity index is 4540. The van der Waals surface area contributed by atoms with Gasteiger partial charge < -0.3 is 41.6 Å². The molecule has 2 unspecified atom stereocenters. The Morgan fingerprint density at radius 1 is 0.806 bits per heavy atom. The molecule has 27 nitrogen and oxygen atoms in total. The third-order valence-corrected chi connectivity index (χ3v) is 21.7. The molecular weight excluding hydrogens is 1360 g/mol. The van der Waals surface area contributed by atoms with Gasteiger partial charge in [-0.15, -0.1) is 0 Å². The SMILES string of the molecule is Cc1c(-c2ccc(-c3ccc4cccc(C(=O)Nc5nc6ccccc6s5)c4c3)nc2C(=O)O)cnn1CC12CC3(C)CC(C)(C1)CC(OCCN(CCS(=O)(=O)O)C(=O)OCc1ccc(N(C(=O)[C@@H](NC(=O)CCCCCN4C(=O)C=CC4=O)C(C)C)[C@@H](CCCNC(N)=O)C(N)=O)cc1)(C3)C2. The Hall–Kier alpha value is -9.97. The summed E-state index contributed by atoms with van der Waals surface area (Å²) in [6.07, 6.45) is 9.57. The Kier molecular flexibility index (Phi) is 22.0. The summed E-state index contributed by atoms with van der Waals surface area (Å²) in [5.74, 6) is -5.61. The number of carboxylic acid groups (broad SMARTS) is 1. The van der Waals surface area contributed by atoms with Gasteiger partial charge >= 0.3 is 18.1 Å². The second-order valence-corrected chi connectivity index (χ2v) is 31.5. The number of benzene rings is 4. The number of unbranched alkanes of at least 4 members (excludes halogenated alkanes) is 2. The molecule has 4 saturated carbocycles. The van der Waals surface area contributed by atoms with Crippen LogP contribution in [0.3, 0.4) is 0 Å². The van der Waals surface area contributed by atoms with Gasteiger partial charge in [0, 0.05) is 84.9 Å². The summed E-state index contributed by atoms with van der Waals surface area (Å²) in [6, 6.07) is 25.1. The van der Waals surface area contributed by atoms with Crippen molar-refractivity contribution in [2.75, 3.05) is 48.8 Å². The van der Waals surface area contributed by atoms with Crippen molar-refractivity contribution in [3.63, 3.8) is 0 Å². The molecule has 4 atom stereocenters. The number of urea groups is 1. The zero-order valence-corrected chi connectivity index (χ0v) is 59.8. The highest BCUT2D eigenvalue weighted by atomic mass is 32.2. The molecule has 4 aromatic carbocycles. The van der Waals surface area contributed by atoms with Crippen LogP contribution in [-0.4, -0.2) is 157 Å². The third-order valence-electron chi connectivity index (χ3n) is 20.1. The minimum atomic E-state index is -4.55. The van der Waals surface area contributed by atoms with Crippen molar-refractivity contribution in [1.82, 2.24) is 40.2 Å². The van der Waals surface area contributed by atoms with E-state index in [9.17, 15) is 61.2 Å². The van der Waals surface area contributed by atoms with Crippen LogP contribution in [0.1, 0.15) is 137 Å². The number of anilines is 2. The maximum Gasteiger partial charge on any atom is 0.410 e. The van der Waals surface area contributed by atoms with Crippen LogP contribution in [0.2, 0.25) is 0 Å². The van der Waals surface area contributed by atoms with Gasteiger partial charge in [0.25, 0.3) is 33.7 Å². The molecular formula is C74H86N12O15S2. The topological polar surface area (TPSA) is 388 Å². The minimum Gasteiger partial charge on any atom is -0.476 e. The molecule has 544 valence electrons. The molecule has 4 bridgehead atoms. The largest absolute Gasteiger partial charge is 0.476 e. The molecule has 0 spiro atoms. The van der Waals surface area contributed by atoms with Gasteiger partial charge in [0.05, 0.1) is 40.1 Å². The Balaban J connectivity index is 0.750. The van der Waals surface area contributed by atoms with Crippen molar-refractivity contribution in [2.24, 2.45) is 33.6 Å². The lowest BCUT2D eigenvalue weighted by molar-refractivity contribution is -0.248. The number of nitrogens with zero attached hydrogens (tertiary/aromatic N) is 7. The summed E-state index contributed by atoms with van der Waals surface area (Å²) in [5, 5.41) is 25.8. The fourth-order valence-corrected chi connectivity index (χ4v) is 17.9. The van der Waals surface area contributed by atoms with Gasteiger partial charge in [-0.3, -0.25) is 53.1 Å². The molecule has 9 N–H and O–H groups in total. The number of imide groups is 1. The number of nitrogens with one attached hydrogen (secondary N) is 3. The van der Waals surface area contributed by atoms with E-state index >= 15 is 0 Å². The predicted octanol–water partition coefficient (Wildman–Crippen LogP) is 9.56. The molecule has 103 heavy (non-hydrogen) atoms. The van der Waals surface area contributed by atoms with Crippen molar-refractivity contribution in [3.05, 3.63) is 138 Å². The van der Waals surface area contributed by atoms with Gasteiger partial charge in [-0.2, -0.15) is 13.5 Å². The standard InChI is InChI=1S/C74H86N12O15S2/c1-45(2)62(81-59(87)18-7-6-10-30-84-60(88)27-28-61(84)89)66(92)86(57(64(75)90)16-12-29-77-68(76)95)50-23-19-47(20-24-50)37-100-70(96)83(32-34-103(97,98)99)31-33-101-74-41-71(4)38-72(5,42-74)40-73(39-71,43-74)44-85-46(3)54(36-78-85)51-25-26-55(79-63(51)67(93)94)49-22-21-48-13-11-14-52(53(48)35-49)65(91)82-69-80-56-15-8-9-17-58(56)102-69/h8-9,11,13-15,17,19-28,35-36,45,57,62H,6-7,10,12,16,18,29-34,37-44H2,1-5H3,(H2,75,90)(H,81,87)(H,93,94)(H3,76,77,95)(H,80,82,91)(H,97,98,99)/t57-,62-,71?,72?,73?,74?/m0/s1. The number of para-hydroxylation sites is 1. The summed E-state index contributed by atoms with van der Waals surface area (Å²) in [6.45, 7) is 9.82. The van der Waals surface area contributed by atoms with E-state index < -0.39 is 93.6 Å². The number of aromatic nitrogens is 4. The predicted molar refractivity (Wildman–Crippen MR) is 386 cm³/mol. The van der Waals surface area contributed by atoms with E-state index in [4.69, 9.17) is 31.0 Å². The zero-order valence-electron chi connectivity index (χ0n) is 58.1. The first-order valence-corrected chi connectivity index (χ1v) is 36.9. The third kappa shape index (κ3) is 17.4. The summed E-state index contributed by atoms with van der Waals surface area (Å²) in [5.41, 5.74) is 14.4. The number of hydrogen-bond acceptors (Lipinski definition) is 17. The molecule has 1 aliphatic heterocycles. The van der Waals surface area contributed by atoms with Crippen molar-refractivity contribution >= 4 is 107 Å². The van der Waals surface area contributed by atoms with Crippen molar-refractivity contribution in [1.29, 1.82) is 0 Å². The van der Waals surface area contributed by atoms with Crippen LogP contribution < -0.4 is 32.3 Å². The van der Waals surface area contributed by atoms with E-state index in [1.807, 2.05) is 60.1 Å². The van der Waals surface area contributed by atoms with Gasteiger partial charge in [0.15, 0.2) is 10.8 Å². The molecule has 0 radical (unpaired) electrons. The average Bonchev–Trinajstić information content (AvgIpc) is 1.34. The van der Waals surface area contributed by atoms with Crippen molar-refractivity contribution in [3.8, 4) is 22.4 Å². The maximum absolute atomic E-state index is 14.8. The van der Waals surface area contributed by atoms with E-state index in [-0.39, 0.29) is 85.6 Å². The fraction of sp³-hybridized carbons (Fsp3) is 0.432. The van der Waals surface area contributed by atoms with Gasteiger partial charge in [0.2, 0.25) is 11.8 Å². The molecule has 29 heteroatoms. The first-order chi connectivity index (χ1) is 48.9. The quantitative estimate of drug-likeness (QED) is 0.0117. The van der Waals surface area contributed by atoms with Crippen LogP contribution in [0, 0.1) is 29.1 Å². The number of amides is 9. The first kappa shape index (κ1) is 74.2. The van der Waals surface area contributed by atoms with Gasteiger partial charge in [-0.25, -0.2) is 24.4 Å². The number of nitrogens with two attached hydrogens (primary N) is 2. The highest BCUT2D eigenvalue weighted by Gasteiger charge is 2.66. The molecule has 9 amide bonds. The zero-order chi connectivity index (χ0) is 73.8. The number of rotatable bonds is 32. The molecule has 3 aromatic heterocycles. The van der Waals surface area contributed by atoms with Crippen LogP contribution in [0.15, 0.2) is 115 Å². The number of pyridine rings is 1. The minimum absolute atomic E-state index is 0.00519. The normalized spacial score (nSPS) is 20.3. The molecule has 4 aliphatic carbocycles. The number of carbonyl (C=O) groups is 9. The summed E-state index contributed by atoms with van der Waals surface area (Å²) in [7, 11) is -4.55. The summed E-state index contributed by atoms with van der Waals surface area (Å²) >= 11 is 1.38. The Labute approximate surface area is 599 Å². The van der Waals surface area contributed by atoms with Crippen molar-refractivity contribution in [2.45, 2.75) is 143 Å². The smallest absolute Gasteiger partial charge is 0.410 e. The highest BCUT2D eigenvalue weighted by Crippen LogP contribution is 2.72. The lowest BCUT2D eigenvalue weighted by Crippen LogP contribution is -2.64. The lowest BCUT2D eigenvalue weighted by Gasteiger charge is -2.69. The number of aromatic carboxylic acids is 1. The van der Waals surface area contributed by atoms with E-state index in [0.29, 0.717) is 76.3 Å². The summed E-state index contributed by atoms with van der Waals surface area (Å²) < 4.78 is 49.9. The Morgan fingerprint density at radius 3 is 2.21 bits per heavy atom. The van der Waals surface area contributed by atoms with Gasteiger partial charge in [-0.05, 0) is 158 Å². The number of hydrogen-bond donors (Lipinski definition) is 7. The molecule has 4 fully saturated rings. The Morgan fingerprint density at radius 2 is 1.53 bits per heavy atom. The monoisotopic (exact) mass is 1450 g/mol. The van der Waals surface area contributed by atoms with Crippen molar-refractivity contribution < 1.29 is 70.7 Å². The first-order valence-electron chi connectivity index (χ1n) is 34.5. The number of thiazole rings is 1. The second kappa shape index (κ2) is 30.5. The second-order valence-electron chi connectivity index (χ2n) is 28.9. The fourth-order valence-electron chi connectivity index (χ4n) is 16.6.